The fraction of sp³-hybridized carbons (Fsp3) is 0.385. The average molecular weight is 524 g/mol. The van der Waals surface area contributed by atoms with Crippen molar-refractivity contribution >= 4 is 47.7 Å². The molecule has 3 aromatic rings. The number of carbonyl (C=O) groups excluding carboxylic acids is 1. The van der Waals surface area contributed by atoms with Gasteiger partial charge in [0.25, 0.3) is 5.91 Å². The number of carbonyl (C=O) groups is 1. The Hall–Kier alpha value is -2.12. The summed E-state index contributed by atoms with van der Waals surface area (Å²) in [6, 6.07) is 16.4. The van der Waals surface area contributed by atoms with Gasteiger partial charge in [0, 0.05) is 11.9 Å². The first kappa shape index (κ1) is 29.9. The van der Waals surface area contributed by atoms with Crippen molar-refractivity contribution in [2.75, 3.05) is 6.54 Å². The smallest absolute Gasteiger partial charge is 0.269 e. The summed E-state index contributed by atoms with van der Waals surface area (Å²) in [4.78, 5) is 19.0. The van der Waals surface area contributed by atoms with E-state index >= 15 is 0 Å². The minimum atomic E-state index is -0.0577. The zero-order valence-corrected chi connectivity index (χ0v) is 22.6. The molecule has 8 heteroatoms. The molecule has 186 valence electrons. The lowest BCUT2D eigenvalue weighted by molar-refractivity contribution is 0.0925. The monoisotopic (exact) mass is 522 g/mol. The SMILES string of the molecule is CCC(NC(=O)c1cs/c(=N\c2cc(C)cc(C)c2)n1CCCCCN)c1ccccc1.Cl.Cl. The van der Waals surface area contributed by atoms with E-state index in [9.17, 15) is 4.79 Å². The molecule has 0 aliphatic rings. The minimum Gasteiger partial charge on any atom is -0.344 e. The van der Waals surface area contributed by atoms with Gasteiger partial charge in [-0.05, 0) is 68.5 Å². The lowest BCUT2D eigenvalue weighted by atomic mass is 10.0. The van der Waals surface area contributed by atoms with E-state index in [2.05, 4.69) is 61.0 Å². The van der Waals surface area contributed by atoms with Gasteiger partial charge in [-0.1, -0.05) is 49.7 Å². The number of aromatic nitrogens is 1. The summed E-state index contributed by atoms with van der Waals surface area (Å²) >= 11 is 1.52. The third kappa shape index (κ3) is 8.27. The fourth-order valence-electron chi connectivity index (χ4n) is 3.87. The van der Waals surface area contributed by atoms with E-state index in [4.69, 9.17) is 10.7 Å². The number of hydrogen-bond donors (Lipinski definition) is 2. The Balaban J connectivity index is 0.00000289. The van der Waals surface area contributed by atoms with Crippen molar-refractivity contribution < 1.29 is 4.79 Å². The minimum absolute atomic E-state index is 0. The fourth-order valence-corrected chi connectivity index (χ4v) is 4.80. The summed E-state index contributed by atoms with van der Waals surface area (Å²) in [6.45, 7) is 7.69. The molecule has 2 aromatic carbocycles. The molecule has 0 aliphatic carbocycles. The van der Waals surface area contributed by atoms with Gasteiger partial charge in [0.05, 0.1) is 11.7 Å². The highest BCUT2D eigenvalue weighted by molar-refractivity contribution is 7.07. The number of nitrogens with zero attached hydrogens (tertiary/aromatic N) is 2. The van der Waals surface area contributed by atoms with Gasteiger partial charge >= 0.3 is 0 Å². The second kappa shape index (κ2) is 15.0. The van der Waals surface area contributed by atoms with Crippen LogP contribution in [0.2, 0.25) is 0 Å². The summed E-state index contributed by atoms with van der Waals surface area (Å²) in [7, 11) is 0. The second-order valence-corrected chi connectivity index (χ2v) is 9.04. The predicted molar refractivity (Wildman–Crippen MR) is 148 cm³/mol. The number of nitrogens with one attached hydrogen (secondary N) is 1. The number of benzene rings is 2. The van der Waals surface area contributed by atoms with Gasteiger partial charge < -0.3 is 15.6 Å². The molecule has 1 aromatic heterocycles. The van der Waals surface area contributed by atoms with Gasteiger partial charge in [-0.3, -0.25) is 4.79 Å². The number of thiazole rings is 1. The van der Waals surface area contributed by atoms with E-state index in [1.54, 1.807) is 0 Å². The number of rotatable bonds is 10. The molecule has 0 aliphatic heterocycles. The molecular weight excluding hydrogens is 487 g/mol. The number of halogens is 2. The molecule has 3 rings (SSSR count). The van der Waals surface area contributed by atoms with Crippen molar-refractivity contribution in [1.82, 2.24) is 9.88 Å². The molecule has 0 spiro atoms. The number of hydrogen-bond acceptors (Lipinski definition) is 4. The number of aryl methyl sites for hydroxylation is 2. The topological polar surface area (TPSA) is 72.4 Å². The Bertz CT molecular complexity index is 1080. The molecule has 34 heavy (non-hydrogen) atoms. The Morgan fingerprint density at radius 2 is 1.74 bits per heavy atom. The van der Waals surface area contributed by atoms with Gasteiger partial charge in [0.1, 0.15) is 5.69 Å². The highest BCUT2D eigenvalue weighted by Gasteiger charge is 2.18. The summed E-state index contributed by atoms with van der Waals surface area (Å²) in [5, 5.41) is 5.15. The molecule has 1 heterocycles. The van der Waals surface area contributed by atoms with E-state index < -0.39 is 0 Å². The van der Waals surface area contributed by atoms with Crippen molar-refractivity contribution in [3.8, 4) is 0 Å². The van der Waals surface area contributed by atoms with Crippen LogP contribution in [0.4, 0.5) is 5.69 Å². The maximum absolute atomic E-state index is 13.3. The number of amides is 1. The molecule has 1 atom stereocenters. The second-order valence-electron chi connectivity index (χ2n) is 8.21. The van der Waals surface area contributed by atoms with Crippen molar-refractivity contribution in [2.24, 2.45) is 10.7 Å². The van der Waals surface area contributed by atoms with Crippen molar-refractivity contribution in [3.63, 3.8) is 0 Å². The molecule has 0 radical (unpaired) electrons. The van der Waals surface area contributed by atoms with Crippen LogP contribution in [0.3, 0.4) is 0 Å². The van der Waals surface area contributed by atoms with Crippen LogP contribution < -0.4 is 15.9 Å². The predicted octanol–water partition coefficient (Wildman–Crippen LogP) is 6.25. The van der Waals surface area contributed by atoms with Crippen molar-refractivity contribution in [1.29, 1.82) is 0 Å². The molecule has 1 amide bonds. The summed E-state index contributed by atoms with van der Waals surface area (Å²) < 4.78 is 2.06. The van der Waals surface area contributed by atoms with E-state index in [0.29, 0.717) is 12.2 Å². The van der Waals surface area contributed by atoms with Crippen LogP contribution in [0.25, 0.3) is 0 Å². The Labute approximate surface area is 219 Å². The van der Waals surface area contributed by atoms with E-state index in [1.807, 2.05) is 23.6 Å². The summed E-state index contributed by atoms with van der Waals surface area (Å²) in [5.41, 5.74) is 10.7. The third-order valence-corrected chi connectivity index (χ3v) is 6.33. The van der Waals surface area contributed by atoms with E-state index in [-0.39, 0.29) is 36.8 Å². The standard InChI is InChI=1S/C26H34N4OS.2ClH/c1-4-23(21-11-7-5-8-12-21)29-25(31)24-18-32-26(30(24)14-10-6-9-13-27)28-22-16-19(2)15-20(3)17-22;;/h5,7-8,11-12,15-18,23H,4,6,9-10,13-14,27H2,1-3H3,(H,29,31);2*1H/b28-26-;;. The molecule has 5 nitrogen and oxygen atoms in total. The van der Waals surface area contributed by atoms with Gasteiger partial charge in [0.15, 0.2) is 4.80 Å². The van der Waals surface area contributed by atoms with Crippen LogP contribution >= 0.6 is 36.2 Å². The maximum atomic E-state index is 13.3. The van der Waals surface area contributed by atoms with E-state index in [1.165, 1.54) is 22.5 Å². The Morgan fingerprint density at radius 3 is 2.35 bits per heavy atom. The highest BCUT2D eigenvalue weighted by atomic mass is 35.5. The molecule has 3 N–H and O–H groups in total. The Kier molecular flexibility index (Phi) is 13.2. The van der Waals surface area contributed by atoms with Crippen LogP contribution in [0.5, 0.6) is 0 Å². The lowest BCUT2D eigenvalue weighted by Gasteiger charge is -2.18. The number of nitrogens with two attached hydrogens (primary N) is 1. The van der Waals surface area contributed by atoms with Crippen molar-refractivity contribution in [2.45, 2.75) is 59.0 Å². The zero-order valence-electron chi connectivity index (χ0n) is 20.1. The summed E-state index contributed by atoms with van der Waals surface area (Å²) in [6.07, 6.45) is 3.81. The maximum Gasteiger partial charge on any atom is 0.269 e. The van der Waals surface area contributed by atoms with Gasteiger partial charge in [-0.25, -0.2) is 4.99 Å². The normalized spacial score (nSPS) is 11.9. The largest absolute Gasteiger partial charge is 0.344 e. The molecular formula is C26H36Cl2N4OS. The van der Waals surface area contributed by atoms with Crippen LogP contribution in [0, 0.1) is 13.8 Å². The van der Waals surface area contributed by atoms with Crippen LogP contribution in [-0.4, -0.2) is 17.0 Å². The van der Waals surface area contributed by atoms with Crippen molar-refractivity contribution in [3.05, 3.63) is 81.1 Å². The average Bonchev–Trinajstić information content (AvgIpc) is 3.17. The number of unbranched alkanes of at least 4 members (excludes halogenated alkanes) is 2. The van der Waals surface area contributed by atoms with Gasteiger partial charge in [-0.15, -0.1) is 36.2 Å². The first-order valence-electron chi connectivity index (χ1n) is 11.4. The van der Waals surface area contributed by atoms with Crippen LogP contribution in [0.1, 0.15) is 65.8 Å². The zero-order chi connectivity index (χ0) is 22.9. The highest BCUT2D eigenvalue weighted by Crippen LogP contribution is 2.19. The molecule has 0 fully saturated rings. The lowest BCUT2D eigenvalue weighted by Crippen LogP contribution is -2.32. The van der Waals surface area contributed by atoms with Gasteiger partial charge in [0.2, 0.25) is 0 Å². The Morgan fingerprint density at radius 1 is 1.06 bits per heavy atom. The first-order valence-corrected chi connectivity index (χ1v) is 12.3. The first-order chi connectivity index (χ1) is 15.5. The molecule has 0 saturated carbocycles. The summed E-state index contributed by atoms with van der Waals surface area (Å²) in [5.74, 6) is -0.0577. The molecule has 0 saturated heterocycles. The van der Waals surface area contributed by atoms with E-state index in [0.717, 1.165) is 48.3 Å². The molecule has 1 unspecified atom stereocenters. The quantitative estimate of drug-likeness (QED) is 0.308. The van der Waals surface area contributed by atoms with Crippen LogP contribution in [0.15, 0.2) is 58.9 Å². The third-order valence-electron chi connectivity index (χ3n) is 5.46. The molecule has 0 bridgehead atoms. The van der Waals surface area contributed by atoms with Crippen LogP contribution in [-0.2, 0) is 6.54 Å². The van der Waals surface area contributed by atoms with Gasteiger partial charge in [-0.2, -0.15) is 0 Å².